The Kier molecular flexibility index (Phi) is 4.15. The molecule has 2 rings (SSSR count). The number of benzene rings is 1. The molecule has 0 radical (unpaired) electrons. The Morgan fingerprint density at radius 2 is 2.10 bits per heavy atom. The predicted molar refractivity (Wildman–Crippen MR) is 78.2 cm³/mol. The number of rotatable bonds is 5. The summed E-state index contributed by atoms with van der Waals surface area (Å²) in [5, 5.41) is 13.1. The number of H-pyrrole nitrogens is 2. The molecule has 2 aromatic rings. The Hall–Kier alpha value is -1.79. The standard InChI is InChI=1S/C14H21N3O3/c1-14(2,3)15-7-9(18)8-20-11-6-4-5-10-12(11)17-13(19)16-10/h4-6,9,15,18H,7-8H2,1-3H3,(H2,16,17,19)/t9-/m1/s1/i13-1. The van der Waals surface area contributed by atoms with E-state index in [1.165, 1.54) is 0 Å². The van der Waals surface area contributed by atoms with E-state index in [1.807, 2.05) is 20.8 Å². The minimum atomic E-state index is -0.616. The van der Waals surface area contributed by atoms with Gasteiger partial charge in [-0.15, -0.1) is 0 Å². The quantitative estimate of drug-likeness (QED) is 0.656. The highest BCUT2D eigenvalue weighted by Crippen LogP contribution is 2.20. The van der Waals surface area contributed by atoms with Crippen molar-refractivity contribution in [2.45, 2.75) is 32.4 Å². The van der Waals surface area contributed by atoms with E-state index in [0.29, 0.717) is 23.3 Å². The van der Waals surface area contributed by atoms with E-state index >= 15 is 0 Å². The van der Waals surface area contributed by atoms with Crippen molar-refractivity contribution in [2.75, 3.05) is 13.2 Å². The lowest BCUT2D eigenvalue weighted by Crippen LogP contribution is -2.42. The van der Waals surface area contributed by atoms with Crippen LogP contribution in [0.1, 0.15) is 20.8 Å². The topological polar surface area (TPSA) is 90.1 Å². The average molecular weight is 278 g/mol. The number of hydrogen-bond donors (Lipinski definition) is 4. The number of β-amino-alcohol motifs (C(OH)–C–C–N with tert-alkyl or cyclic N) is 1. The number of ether oxygens (including phenoxy) is 1. The molecule has 0 saturated carbocycles. The van der Waals surface area contributed by atoms with E-state index in [9.17, 15) is 9.90 Å². The van der Waals surface area contributed by atoms with Crippen molar-refractivity contribution < 1.29 is 9.84 Å². The molecule has 0 fully saturated rings. The van der Waals surface area contributed by atoms with Crippen LogP contribution >= 0.6 is 0 Å². The highest BCUT2D eigenvalue weighted by Gasteiger charge is 2.13. The molecule has 1 aromatic heterocycles. The van der Waals surface area contributed by atoms with Crippen LogP contribution in [0.5, 0.6) is 5.75 Å². The number of fused-ring (bicyclic) bond motifs is 1. The second-order valence-corrected chi connectivity index (χ2v) is 5.85. The molecule has 0 aliphatic rings. The van der Waals surface area contributed by atoms with Gasteiger partial charge in [-0.05, 0) is 32.9 Å². The molecule has 6 heteroatoms. The molecule has 1 atom stereocenters. The van der Waals surface area contributed by atoms with Gasteiger partial charge in [-0.25, -0.2) is 4.79 Å². The third kappa shape index (κ3) is 3.85. The van der Waals surface area contributed by atoms with E-state index in [1.54, 1.807) is 18.2 Å². The number of imidazole rings is 1. The van der Waals surface area contributed by atoms with Crippen LogP contribution in [-0.2, 0) is 0 Å². The minimum Gasteiger partial charge on any atom is -0.489 e. The van der Waals surface area contributed by atoms with Crippen LogP contribution < -0.4 is 15.7 Å². The Morgan fingerprint density at radius 1 is 1.35 bits per heavy atom. The number of nitrogens with one attached hydrogen (secondary N) is 3. The molecule has 20 heavy (non-hydrogen) atoms. The van der Waals surface area contributed by atoms with Crippen molar-refractivity contribution in [1.82, 2.24) is 15.3 Å². The lowest BCUT2D eigenvalue weighted by molar-refractivity contribution is 0.101. The maximum atomic E-state index is 11.3. The molecule has 110 valence electrons. The summed E-state index contributed by atoms with van der Waals surface area (Å²) in [6.45, 7) is 6.71. The lowest BCUT2D eigenvalue weighted by Gasteiger charge is -2.23. The van der Waals surface area contributed by atoms with Crippen LogP contribution in [0.2, 0.25) is 0 Å². The third-order valence-corrected chi connectivity index (χ3v) is 2.81. The molecule has 6 nitrogen and oxygen atoms in total. The third-order valence-electron chi connectivity index (χ3n) is 2.81. The van der Waals surface area contributed by atoms with Gasteiger partial charge < -0.3 is 25.1 Å². The van der Waals surface area contributed by atoms with Crippen LogP contribution in [0.3, 0.4) is 0 Å². The molecule has 0 aliphatic heterocycles. The monoisotopic (exact) mass is 278 g/mol. The van der Waals surface area contributed by atoms with Crippen molar-refractivity contribution in [3.05, 3.63) is 28.7 Å². The molecule has 1 heterocycles. The highest BCUT2D eigenvalue weighted by molar-refractivity contribution is 5.80. The number of para-hydroxylation sites is 1. The normalized spacial score (nSPS) is 13.6. The summed E-state index contributed by atoms with van der Waals surface area (Å²) in [5.74, 6) is 0.552. The molecule has 4 N–H and O–H groups in total. The van der Waals surface area contributed by atoms with E-state index in [-0.39, 0.29) is 17.8 Å². The van der Waals surface area contributed by atoms with E-state index in [2.05, 4.69) is 15.3 Å². The van der Waals surface area contributed by atoms with Crippen LogP contribution in [0, 0.1) is 0 Å². The minimum absolute atomic E-state index is 0.0487. The number of aromatic amines is 2. The molecule has 1 aromatic carbocycles. The van der Waals surface area contributed by atoms with Crippen molar-refractivity contribution in [3.63, 3.8) is 0 Å². The van der Waals surface area contributed by atoms with E-state index < -0.39 is 6.10 Å². The van der Waals surface area contributed by atoms with Gasteiger partial charge in [0.15, 0.2) is 0 Å². The van der Waals surface area contributed by atoms with Gasteiger partial charge >= 0.3 is 5.69 Å². The molecular weight excluding hydrogens is 257 g/mol. The summed E-state index contributed by atoms with van der Waals surface area (Å²) in [6, 6.07) is 5.34. The van der Waals surface area contributed by atoms with Gasteiger partial charge in [0.1, 0.15) is 24.0 Å². The zero-order valence-electron chi connectivity index (χ0n) is 12.0. The van der Waals surface area contributed by atoms with Gasteiger partial charge in [0, 0.05) is 12.1 Å². The van der Waals surface area contributed by atoms with E-state index in [4.69, 9.17) is 4.74 Å². The lowest BCUT2D eigenvalue weighted by atomic mass is 10.1. The number of aliphatic hydroxyl groups is 1. The summed E-state index contributed by atoms with van der Waals surface area (Å²) in [4.78, 5) is 16.6. The number of hydrogen-bond acceptors (Lipinski definition) is 4. The Bertz CT molecular complexity index is 624. The molecular formula is C14H21N3O3. The Labute approximate surface area is 117 Å². The van der Waals surface area contributed by atoms with Crippen molar-refractivity contribution in [1.29, 1.82) is 0 Å². The van der Waals surface area contributed by atoms with Crippen molar-refractivity contribution in [2.24, 2.45) is 0 Å². The SMILES string of the molecule is CC(C)(C)NC[C@@H](O)COc1cccc2[nH][11c](=O)[nH]c12. The molecule has 0 bridgehead atoms. The van der Waals surface area contributed by atoms with Crippen LogP contribution in [-0.4, -0.2) is 39.9 Å². The first kappa shape index (κ1) is 14.6. The summed E-state index contributed by atoms with van der Waals surface area (Å²) >= 11 is 0. The zero-order chi connectivity index (χ0) is 14.8. The summed E-state index contributed by atoms with van der Waals surface area (Å²) < 4.78 is 5.58. The smallest absolute Gasteiger partial charge is 0.323 e. The van der Waals surface area contributed by atoms with Gasteiger partial charge in [-0.2, -0.15) is 0 Å². The summed E-state index contributed by atoms with van der Waals surface area (Å²) in [6.07, 6.45) is -0.616. The molecule has 0 unspecified atom stereocenters. The second kappa shape index (κ2) is 5.68. The largest absolute Gasteiger partial charge is 0.489 e. The Morgan fingerprint density at radius 3 is 2.80 bits per heavy atom. The first-order chi connectivity index (χ1) is 9.35. The van der Waals surface area contributed by atoms with Gasteiger partial charge in [-0.3, -0.25) is 0 Å². The first-order valence-corrected chi connectivity index (χ1v) is 6.62. The van der Waals surface area contributed by atoms with Gasteiger partial charge in [0.05, 0.1) is 5.52 Å². The molecule has 0 saturated heterocycles. The maximum absolute atomic E-state index is 11.3. The Balaban J connectivity index is 1.97. The average Bonchev–Trinajstić information content (AvgIpc) is 2.73. The molecule has 0 amide bonds. The summed E-state index contributed by atoms with van der Waals surface area (Å²) in [7, 11) is 0. The molecule has 0 aliphatic carbocycles. The number of aliphatic hydroxyl groups excluding tert-OH is 1. The highest BCUT2D eigenvalue weighted by atomic mass is 16.5. The predicted octanol–water partition coefficient (Wildman–Crippen LogP) is 0.984. The fourth-order valence-electron chi connectivity index (χ4n) is 1.82. The second-order valence-electron chi connectivity index (χ2n) is 5.85. The van der Waals surface area contributed by atoms with Crippen LogP contribution in [0.15, 0.2) is 23.0 Å². The maximum Gasteiger partial charge on any atom is 0.323 e. The van der Waals surface area contributed by atoms with Gasteiger partial charge in [0.2, 0.25) is 0 Å². The van der Waals surface area contributed by atoms with Crippen LogP contribution in [0.4, 0.5) is 0 Å². The first-order valence-electron chi connectivity index (χ1n) is 6.62. The fraction of sp³-hybridized carbons (Fsp3) is 0.500. The van der Waals surface area contributed by atoms with E-state index in [0.717, 1.165) is 0 Å². The van der Waals surface area contributed by atoms with Crippen molar-refractivity contribution >= 4 is 11.0 Å². The van der Waals surface area contributed by atoms with Crippen molar-refractivity contribution in [3.8, 4) is 5.75 Å². The van der Waals surface area contributed by atoms with Gasteiger partial charge in [0.25, 0.3) is 0 Å². The van der Waals surface area contributed by atoms with Crippen LogP contribution in [0.25, 0.3) is 11.0 Å². The zero-order valence-corrected chi connectivity index (χ0v) is 12.0. The molecule has 0 spiro atoms. The number of aromatic nitrogens is 2. The van der Waals surface area contributed by atoms with Gasteiger partial charge in [-0.1, -0.05) is 6.07 Å². The fourth-order valence-corrected chi connectivity index (χ4v) is 1.82. The summed E-state index contributed by atoms with van der Waals surface area (Å²) in [5.41, 5.74) is 0.988.